The quantitative estimate of drug-likeness (QED) is 0.532. The molecule has 2 aromatic carbocycles. The van der Waals surface area contributed by atoms with Crippen molar-refractivity contribution in [2.75, 3.05) is 31.4 Å². The van der Waals surface area contributed by atoms with Crippen LogP contribution in [0.3, 0.4) is 0 Å². The van der Waals surface area contributed by atoms with Crippen LogP contribution >= 0.6 is 0 Å². The fraction of sp³-hybridized carbons (Fsp3) is 0.190. The average molecular weight is 394 g/mol. The molecule has 0 aliphatic rings. The lowest BCUT2D eigenvalue weighted by Gasteiger charge is -2.10. The minimum atomic E-state index is -1.12. The van der Waals surface area contributed by atoms with Crippen molar-refractivity contribution in [1.82, 2.24) is 9.97 Å². The Morgan fingerprint density at radius 3 is 2.52 bits per heavy atom. The van der Waals surface area contributed by atoms with Crippen molar-refractivity contribution >= 4 is 17.6 Å². The molecular weight excluding hydrogens is 372 g/mol. The van der Waals surface area contributed by atoms with Crippen LogP contribution in [0.2, 0.25) is 0 Å². The van der Waals surface area contributed by atoms with E-state index >= 15 is 0 Å². The van der Waals surface area contributed by atoms with Gasteiger partial charge in [0, 0.05) is 23.9 Å². The van der Waals surface area contributed by atoms with Gasteiger partial charge < -0.3 is 19.9 Å². The average Bonchev–Trinajstić information content (AvgIpc) is 2.73. The predicted molar refractivity (Wildman–Crippen MR) is 111 cm³/mol. The van der Waals surface area contributed by atoms with Crippen molar-refractivity contribution in [3.63, 3.8) is 0 Å². The molecule has 0 saturated carbocycles. The van der Waals surface area contributed by atoms with E-state index in [9.17, 15) is 4.79 Å². The van der Waals surface area contributed by atoms with Gasteiger partial charge in [-0.15, -0.1) is 0 Å². The van der Waals surface area contributed by atoms with Gasteiger partial charge in [0.2, 0.25) is 0 Å². The van der Waals surface area contributed by atoms with E-state index in [2.05, 4.69) is 20.6 Å². The van der Waals surface area contributed by atoms with E-state index in [1.54, 1.807) is 31.4 Å². The molecule has 0 fully saturated rings. The lowest BCUT2D eigenvalue weighted by molar-refractivity contribution is 0.210. The molecule has 0 aliphatic carbocycles. The van der Waals surface area contributed by atoms with E-state index < -0.39 is 6.09 Å². The Labute approximate surface area is 168 Å². The molecule has 1 aromatic heterocycles. The summed E-state index contributed by atoms with van der Waals surface area (Å²) < 4.78 is 10.4. The third-order valence-electron chi connectivity index (χ3n) is 4.18. The van der Waals surface area contributed by atoms with Crippen LogP contribution in [0.1, 0.15) is 5.56 Å². The van der Waals surface area contributed by atoms with E-state index in [0.29, 0.717) is 23.7 Å². The topological polar surface area (TPSA) is 106 Å². The molecular formula is C21H22N4O4. The number of rotatable bonds is 8. The normalized spacial score (nSPS) is 10.3. The number of ether oxygens (including phenoxy) is 2. The van der Waals surface area contributed by atoms with Crippen LogP contribution in [0.25, 0.3) is 11.3 Å². The van der Waals surface area contributed by atoms with Crippen LogP contribution in [-0.2, 0) is 6.42 Å². The van der Waals surface area contributed by atoms with Gasteiger partial charge in [0.15, 0.2) is 0 Å². The Kier molecular flexibility index (Phi) is 6.47. The second kappa shape index (κ2) is 9.41. The number of nitrogens with one attached hydrogen (secondary N) is 2. The minimum Gasteiger partial charge on any atom is -0.497 e. The Hall–Kier alpha value is -3.81. The number of benzene rings is 2. The molecule has 1 heterocycles. The predicted octanol–water partition coefficient (Wildman–Crippen LogP) is 3.91. The molecule has 0 atom stereocenters. The van der Waals surface area contributed by atoms with E-state index in [0.717, 1.165) is 17.7 Å². The number of amides is 1. The van der Waals surface area contributed by atoms with Gasteiger partial charge in [0.1, 0.15) is 11.6 Å². The van der Waals surface area contributed by atoms with Crippen molar-refractivity contribution < 1.29 is 19.4 Å². The monoisotopic (exact) mass is 394 g/mol. The number of hydrogen-bond donors (Lipinski definition) is 3. The first-order valence-corrected chi connectivity index (χ1v) is 8.97. The summed E-state index contributed by atoms with van der Waals surface area (Å²) in [7, 11) is 3.15. The van der Waals surface area contributed by atoms with Crippen LogP contribution in [-0.4, -0.2) is 41.9 Å². The van der Waals surface area contributed by atoms with Gasteiger partial charge in [-0.1, -0.05) is 24.3 Å². The first kappa shape index (κ1) is 19.9. The number of aromatic nitrogens is 2. The molecule has 8 heteroatoms. The molecule has 0 radical (unpaired) electrons. The van der Waals surface area contributed by atoms with Crippen molar-refractivity contribution in [3.8, 4) is 23.0 Å². The number of nitrogens with zero attached hydrogens (tertiary/aromatic N) is 2. The van der Waals surface area contributed by atoms with Gasteiger partial charge in [0.05, 0.1) is 19.9 Å². The van der Waals surface area contributed by atoms with Crippen LogP contribution < -0.4 is 20.1 Å². The molecule has 8 nitrogen and oxygen atoms in total. The first-order valence-electron chi connectivity index (χ1n) is 8.97. The summed E-state index contributed by atoms with van der Waals surface area (Å²) in [4.78, 5) is 19.6. The molecule has 0 spiro atoms. The highest BCUT2D eigenvalue weighted by Crippen LogP contribution is 2.25. The maximum Gasteiger partial charge on any atom is 0.409 e. The summed E-state index contributed by atoms with van der Waals surface area (Å²) in [5.74, 6) is 1.45. The van der Waals surface area contributed by atoms with Crippen LogP contribution in [0, 0.1) is 0 Å². The number of carboxylic acid groups (broad SMARTS) is 1. The third kappa shape index (κ3) is 5.58. The molecule has 3 aromatic rings. The van der Waals surface area contributed by atoms with Gasteiger partial charge in [-0.05, 0) is 36.2 Å². The minimum absolute atomic E-state index is 0.228. The maximum atomic E-state index is 10.9. The lowest BCUT2D eigenvalue weighted by atomic mass is 10.1. The van der Waals surface area contributed by atoms with Crippen molar-refractivity contribution in [3.05, 3.63) is 60.2 Å². The summed E-state index contributed by atoms with van der Waals surface area (Å²) in [6.07, 6.45) is -0.313. The largest absolute Gasteiger partial charge is 0.497 e. The Balaban J connectivity index is 1.73. The number of carbonyl (C=O) groups is 1. The van der Waals surface area contributed by atoms with Gasteiger partial charge in [-0.3, -0.25) is 5.32 Å². The standard InChI is InChI=1S/C21H22N4O4/c1-28-17-8-6-14(7-9-17)10-11-22-19-13-18(24-20(25-19)29-2)15-4-3-5-16(12-15)23-21(26)27/h3-9,12-13,23H,10-11H2,1-2H3,(H,26,27)(H,22,24,25). The summed E-state index contributed by atoms with van der Waals surface area (Å²) >= 11 is 0. The first-order chi connectivity index (χ1) is 14.1. The van der Waals surface area contributed by atoms with E-state index in [-0.39, 0.29) is 6.01 Å². The molecule has 3 N–H and O–H groups in total. The van der Waals surface area contributed by atoms with Gasteiger partial charge in [-0.2, -0.15) is 9.97 Å². The summed E-state index contributed by atoms with van der Waals surface area (Å²) in [5, 5.41) is 14.5. The Morgan fingerprint density at radius 2 is 1.83 bits per heavy atom. The zero-order valence-electron chi connectivity index (χ0n) is 16.2. The van der Waals surface area contributed by atoms with Gasteiger partial charge in [0.25, 0.3) is 0 Å². The molecule has 0 unspecified atom stereocenters. The van der Waals surface area contributed by atoms with Crippen molar-refractivity contribution in [2.45, 2.75) is 6.42 Å². The summed E-state index contributed by atoms with van der Waals surface area (Å²) in [5.41, 5.74) is 3.00. The highest BCUT2D eigenvalue weighted by Gasteiger charge is 2.09. The summed E-state index contributed by atoms with van der Waals surface area (Å²) in [6, 6.07) is 16.9. The fourth-order valence-electron chi connectivity index (χ4n) is 2.76. The van der Waals surface area contributed by atoms with E-state index in [1.807, 2.05) is 30.3 Å². The van der Waals surface area contributed by atoms with Gasteiger partial charge in [-0.25, -0.2) is 4.79 Å². The maximum absolute atomic E-state index is 10.9. The highest BCUT2D eigenvalue weighted by molar-refractivity contribution is 5.84. The molecule has 0 aliphatic heterocycles. The lowest BCUT2D eigenvalue weighted by Crippen LogP contribution is -2.08. The number of anilines is 2. The second-order valence-corrected chi connectivity index (χ2v) is 6.16. The second-order valence-electron chi connectivity index (χ2n) is 6.16. The molecule has 1 amide bonds. The summed E-state index contributed by atoms with van der Waals surface area (Å²) in [6.45, 7) is 0.673. The molecule has 3 rings (SSSR count). The number of methoxy groups -OCH3 is 2. The van der Waals surface area contributed by atoms with Crippen LogP contribution in [0.4, 0.5) is 16.3 Å². The number of hydrogen-bond acceptors (Lipinski definition) is 6. The highest BCUT2D eigenvalue weighted by atomic mass is 16.5. The molecule has 0 saturated heterocycles. The van der Waals surface area contributed by atoms with Crippen molar-refractivity contribution in [2.24, 2.45) is 0 Å². The molecule has 29 heavy (non-hydrogen) atoms. The van der Waals surface area contributed by atoms with Crippen LogP contribution in [0.5, 0.6) is 11.8 Å². The zero-order valence-corrected chi connectivity index (χ0v) is 16.2. The smallest absolute Gasteiger partial charge is 0.409 e. The van der Waals surface area contributed by atoms with E-state index in [1.165, 1.54) is 12.7 Å². The molecule has 0 bridgehead atoms. The SMILES string of the molecule is COc1ccc(CCNc2cc(-c3cccc(NC(=O)O)c3)nc(OC)n2)cc1. The Bertz CT molecular complexity index is 977. The van der Waals surface area contributed by atoms with E-state index in [4.69, 9.17) is 14.6 Å². The Morgan fingerprint density at radius 1 is 1.03 bits per heavy atom. The van der Waals surface area contributed by atoms with Gasteiger partial charge >= 0.3 is 12.1 Å². The fourth-order valence-corrected chi connectivity index (χ4v) is 2.76. The van der Waals surface area contributed by atoms with Crippen molar-refractivity contribution in [1.29, 1.82) is 0 Å². The zero-order chi connectivity index (χ0) is 20.6. The van der Waals surface area contributed by atoms with Crippen LogP contribution in [0.15, 0.2) is 54.6 Å². The third-order valence-corrected chi connectivity index (χ3v) is 4.18. The molecule has 150 valence electrons.